The van der Waals surface area contributed by atoms with Crippen molar-refractivity contribution in [3.63, 3.8) is 0 Å². The van der Waals surface area contributed by atoms with Gasteiger partial charge in [-0.1, -0.05) is 41.9 Å². The molecule has 4 aliphatic rings. The highest BCUT2D eigenvalue weighted by molar-refractivity contribution is 9.10. The Hall–Kier alpha value is -4.59. The molecule has 0 saturated carbocycles. The van der Waals surface area contributed by atoms with E-state index in [9.17, 15) is 4.39 Å². The van der Waals surface area contributed by atoms with Gasteiger partial charge in [0.15, 0.2) is 11.6 Å². The fourth-order valence-corrected chi connectivity index (χ4v) is 8.79. The second-order valence-corrected chi connectivity index (χ2v) is 15.5. The average molecular weight is 836 g/mol. The summed E-state index contributed by atoms with van der Waals surface area (Å²) in [6, 6.07) is 19.5. The predicted molar refractivity (Wildman–Crippen MR) is 209 cm³/mol. The van der Waals surface area contributed by atoms with Crippen LogP contribution in [0.15, 0.2) is 88.5 Å². The molecule has 0 radical (unpaired) electrons. The zero-order chi connectivity index (χ0) is 38.3. The molecule has 3 atom stereocenters. The Balaban J connectivity index is 1.22. The number of hydrogen-bond donors (Lipinski definition) is 1. The van der Waals surface area contributed by atoms with E-state index in [4.69, 9.17) is 35.5 Å². The van der Waals surface area contributed by atoms with Gasteiger partial charge in [0, 0.05) is 37.8 Å². The minimum atomic E-state index is -0.925. The van der Waals surface area contributed by atoms with Crippen LogP contribution in [0.1, 0.15) is 48.9 Å². The molecule has 55 heavy (non-hydrogen) atoms. The Labute approximate surface area is 332 Å². The van der Waals surface area contributed by atoms with Crippen molar-refractivity contribution in [3.05, 3.63) is 122 Å². The van der Waals surface area contributed by atoms with E-state index in [1.807, 2.05) is 65.6 Å². The number of fused-ring (bicyclic) bond motifs is 1. The number of methoxy groups -OCH3 is 2. The quantitative estimate of drug-likeness (QED) is 0.153. The second-order valence-electron chi connectivity index (χ2n) is 14.3. The number of pyridine rings is 1. The third-order valence-corrected chi connectivity index (χ3v) is 12.3. The van der Waals surface area contributed by atoms with Crippen LogP contribution in [-0.2, 0) is 17.8 Å². The van der Waals surface area contributed by atoms with Gasteiger partial charge in [-0.25, -0.2) is 13.8 Å². The Morgan fingerprint density at radius 3 is 2.44 bits per heavy atom. The van der Waals surface area contributed by atoms with Gasteiger partial charge in [-0.2, -0.15) is 0 Å². The average Bonchev–Trinajstić information content (AvgIpc) is 3.68. The van der Waals surface area contributed by atoms with Gasteiger partial charge >= 0.3 is 5.95 Å². The van der Waals surface area contributed by atoms with Crippen molar-refractivity contribution in [2.24, 2.45) is 4.99 Å². The molecule has 5 heterocycles. The molecule has 0 spiro atoms. The molecule has 3 aromatic carbocycles. The number of hydrogen-bond acceptors (Lipinski definition) is 10. The van der Waals surface area contributed by atoms with Crippen LogP contribution in [0.3, 0.4) is 0 Å². The standard InChI is InChI=1S/C41H42BrClF2N6O4/c1-25(31-6-4-16-46-39(31)49(19-26-7-11-29(52-2)12-8-26)20-27-9-13-30(53-3)14-10-27)51-22-32(54-23-41-15-5-17-50(41)21-28(44)18-41)55-38-33-37(47-24-48-40(33)51)35(43)34(42)36(38)45/h4,6-14,16,22,25,28,48H,5,15,17-21,23-24H2,1-3H3/t25?,28-,41+/m1/s1. The van der Waals surface area contributed by atoms with Gasteiger partial charge in [-0.15, -0.1) is 0 Å². The Morgan fingerprint density at radius 1 is 1.07 bits per heavy atom. The molecule has 2 saturated heterocycles. The summed E-state index contributed by atoms with van der Waals surface area (Å²) in [5.41, 5.74) is 2.58. The lowest BCUT2D eigenvalue weighted by Gasteiger charge is -2.34. The van der Waals surface area contributed by atoms with Crippen LogP contribution >= 0.6 is 27.5 Å². The minimum absolute atomic E-state index is 0.0487. The van der Waals surface area contributed by atoms with E-state index >= 15 is 4.39 Å². The molecule has 2 fully saturated rings. The lowest BCUT2D eigenvalue weighted by Crippen LogP contribution is -2.45. The zero-order valence-electron chi connectivity index (χ0n) is 30.8. The number of aromatic nitrogens is 1. The van der Waals surface area contributed by atoms with Crippen molar-refractivity contribution < 1.29 is 27.7 Å². The van der Waals surface area contributed by atoms with E-state index in [0.29, 0.717) is 42.5 Å². The molecule has 8 rings (SSSR count). The third-order valence-electron chi connectivity index (χ3n) is 11.0. The van der Waals surface area contributed by atoms with Gasteiger partial charge in [0.25, 0.3) is 0 Å². The van der Waals surface area contributed by atoms with Crippen LogP contribution in [0.25, 0.3) is 5.82 Å². The van der Waals surface area contributed by atoms with Gasteiger partial charge in [0.05, 0.1) is 52.1 Å². The molecule has 288 valence electrons. The van der Waals surface area contributed by atoms with E-state index in [1.54, 1.807) is 26.6 Å². The molecule has 1 aromatic heterocycles. The first-order valence-electron chi connectivity index (χ1n) is 18.3. The first kappa shape index (κ1) is 37.3. The van der Waals surface area contributed by atoms with E-state index in [0.717, 1.165) is 53.4 Å². The lowest BCUT2D eigenvalue weighted by atomic mass is 9.95. The highest BCUT2D eigenvalue weighted by atomic mass is 79.9. The molecule has 4 aliphatic heterocycles. The van der Waals surface area contributed by atoms with Gasteiger partial charge in [0.2, 0.25) is 0 Å². The maximum Gasteiger partial charge on any atom is 0.302 e. The van der Waals surface area contributed by atoms with Gasteiger partial charge < -0.3 is 34.1 Å². The minimum Gasteiger partial charge on any atom is -0.497 e. The van der Waals surface area contributed by atoms with E-state index in [2.05, 4.69) is 43.0 Å². The SMILES string of the molecule is COc1ccc(CN(Cc2ccc(OC)cc2)c2ncccc2C(C)N2C=C(OC[C@@]34CCCN3C[C@H](F)C4)Oc3c(F)c(Br)c(Cl)c4c3=C2NCN=4)cc1. The highest BCUT2D eigenvalue weighted by Gasteiger charge is 2.49. The monoisotopic (exact) mass is 834 g/mol. The molecule has 1 unspecified atom stereocenters. The Morgan fingerprint density at radius 2 is 1.76 bits per heavy atom. The highest BCUT2D eigenvalue weighted by Crippen LogP contribution is 2.42. The maximum atomic E-state index is 16.2. The lowest BCUT2D eigenvalue weighted by molar-refractivity contribution is 0.0251. The molecular weight excluding hydrogens is 794 g/mol. The van der Waals surface area contributed by atoms with E-state index < -0.39 is 23.6 Å². The van der Waals surface area contributed by atoms with Crippen LogP contribution in [0, 0.1) is 5.82 Å². The van der Waals surface area contributed by atoms with Crippen molar-refractivity contribution in [1.29, 1.82) is 0 Å². The van der Waals surface area contributed by atoms with Crippen LogP contribution in [0.2, 0.25) is 5.02 Å². The van der Waals surface area contributed by atoms with Crippen molar-refractivity contribution in [2.45, 2.75) is 57.0 Å². The molecule has 0 amide bonds. The summed E-state index contributed by atoms with van der Waals surface area (Å²) in [5.74, 6) is 2.18. The summed E-state index contributed by atoms with van der Waals surface area (Å²) in [6.45, 7) is 4.74. The van der Waals surface area contributed by atoms with Gasteiger partial charge in [-0.05, 0) is 83.7 Å². The molecule has 10 nitrogen and oxygen atoms in total. The Bertz CT molecular complexity index is 2180. The smallest absolute Gasteiger partial charge is 0.302 e. The molecular formula is C41H42BrClF2N6O4. The third kappa shape index (κ3) is 7.18. The molecule has 0 bridgehead atoms. The number of nitrogens with zero attached hydrogens (tertiary/aromatic N) is 5. The number of rotatable bonds is 12. The van der Waals surface area contributed by atoms with Crippen LogP contribution in [0.4, 0.5) is 14.6 Å². The normalized spacial score (nSPS) is 20.6. The van der Waals surface area contributed by atoms with Crippen molar-refractivity contribution in [2.75, 3.05) is 45.5 Å². The number of anilines is 1. The summed E-state index contributed by atoms with van der Waals surface area (Å²) in [7, 11) is 3.30. The molecule has 0 aliphatic carbocycles. The predicted octanol–water partition coefficient (Wildman–Crippen LogP) is 6.95. The second kappa shape index (κ2) is 15.5. The molecule has 14 heteroatoms. The molecule has 1 N–H and O–H groups in total. The van der Waals surface area contributed by atoms with Crippen molar-refractivity contribution in [3.8, 4) is 17.2 Å². The summed E-state index contributed by atoms with van der Waals surface area (Å²) in [4.78, 5) is 16.0. The number of nitrogens with one attached hydrogen (secondary N) is 1. The maximum absolute atomic E-state index is 16.2. The first-order valence-corrected chi connectivity index (χ1v) is 19.5. The van der Waals surface area contributed by atoms with Crippen LogP contribution in [0.5, 0.6) is 17.2 Å². The fourth-order valence-electron chi connectivity index (χ4n) is 8.18. The van der Waals surface area contributed by atoms with E-state index in [1.165, 1.54) is 0 Å². The number of ether oxygens (including phenoxy) is 4. The Kier molecular flexibility index (Phi) is 10.5. The van der Waals surface area contributed by atoms with Crippen molar-refractivity contribution >= 4 is 39.2 Å². The summed E-state index contributed by atoms with van der Waals surface area (Å²) < 4.78 is 54.7. The largest absolute Gasteiger partial charge is 0.497 e. The van der Waals surface area contributed by atoms with Crippen LogP contribution < -0.4 is 35.0 Å². The first-order chi connectivity index (χ1) is 26.7. The summed E-state index contributed by atoms with van der Waals surface area (Å²) in [5, 5.41) is 4.30. The number of benzene rings is 3. The van der Waals surface area contributed by atoms with Gasteiger partial charge in [0.1, 0.15) is 42.6 Å². The van der Waals surface area contributed by atoms with Crippen LogP contribution in [-0.4, -0.2) is 67.1 Å². The summed E-state index contributed by atoms with van der Waals surface area (Å²) in [6.07, 6.45) is 4.76. The summed E-state index contributed by atoms with van der Waals surface area (Å²) >= 11 is 10.1. The number of alkyl halides is 1. The fraction of sp³-hybridized carbons (Fsp3) is 0.366. The zero-order valence-corrected chi connectivity index (χ0v) is 33.2. The topological polar surface area (TPSA) is 83.9 Å². The number of halogens is 4. The van der Waals surface area contributed by atoms with Gasteiger partial charge in [-0.3, -0.25) is 9.89 Å². The molecule has 4 aromatic rings. The van der Waals surface area contributed by atoms with E-state index in [-0.39, 0.29) is 34.5 Å². The van der Waals surface area contributed by atoms with Crippen molar-refractivity contribution in [1.82, 2.24) is 20.1 Å².